The van der Waals surface area contributed by atoms with Crippen molar-refractivity contribution in [3.8, 4) is 22.3 Å². The van der Waals surface area contributed by atoms with Gasteiger partial charge in [-0.3, -0.25) is 4.81 Å². The topological polar surface area (TPSA) is 10.4 Å². The van der Waals surface area contributed by atoms with E-state index in [0.29, 0.717) is 0 Å². The molecule has 0 bridgehead atoms. The standard InChI is InChI=1S/C36H37BN3/c1-26-15-13-22-32-35(26)40(33-25-29(36(2,3)4)23-24-38(33)5)37(39(32)6)34-30(27-16-9-7-10-17-27)20-14-21-31(34)28-18-11-8-12-19-28/h7-25H,1-6H3/q+1. The summed E-state index contributed by atoms with van der Waals surface area (Å²) in [5.41, 5.74) is 11.4. The predicted octanol–water partition coefficient (Wildman–Crippen LogP) is 7.43. The van der Waals surface area contributed by atoms with Crippen LogP contribution in [0.5, 0.6) is 0 Å². The molecule has 0 fully saturated rings. The van der Waals surface area contributed by atoms with Crippen molar-refractivity contribution in [2.45, 2.75) is 33.1 Å². The van der Waals surface area contributed by atoms with Gasteiger partial charge >= 0.3 is 6.98 Å². The highest BCUT2D eigenvalue weighted by Gasteiger charge is 2.51. The van der Waals surface area contributed by atoms with E-state index in [1.807, 2.05) is 0 Å². The smallest absolute Gasteiger partial charge is 0.369 e. The van der Waals surface area contributed by atoms with Crippen molar-refractivity contribution in [1.82, 2.24) is 0 Å². The Morgan fingerprint density at radius 3 is 1.85 bits per heavy atom. The minimum Gasteiger partial charge on any atom is -0.369 e. The number of pyridine rings is 1. The third kappa shape index (κ3) is 4.38. The lowest BCUT2D eigenvalue weighted by Crippen LogP contribution is -2.57. The van der Waals surface area contributed by atoms with E-state index in [-0.39, 0.29) is 12.4 Å². The van der Waals surface area contributed by atoms with Crippen LogP contribution in [0.2, 0.25) is 0 Å². The van der Waals surface area contributed by atoms with Crippen molar-refractivity contribution >= 4 is 29.6 Å². The van der Waals surface area contributed by atoms with E-state index in [0.717, 1.165) is 0 Å². The summed E-state index contributed by atoms with van der Waals surface area (Å²) in [5.74, 6) is 1.18. The number of nitrogens with zero attached hydrogens (tertiary/aromatic N) is 3. The van der Waals surface area contributed by atoms with Crippen LogP contribution in [-0.4, -0.2) is 14.0 Å². The Balaban J connectivity index is 1.69. The summed E-state index contributed by atoms with van der Waals surface area (Å²) in [6, 6.07) is 39.7. The average molecular weight is 523 g/mol. The molecule has 0 saturated carbocycles. The third-order valence-corrected chi connectivity index (χ3v) is 8.22. The lowest BCUT2D eigenvalue weighted by molar-refractivity contribution is -0.658. The molecule has 5 aromatic rings. The SMILES string of the molecule is Cc1cccc2c1N(c1cc(C(C)(C)C)cc[n+]1C)B(c1c(-c3ccccc3)cccc1-c1ccccc1)N2C. The Morgan fingerprint density at radius 2 is 1.27 bits per heavy atom. The number of aryl methyl sites for hydroxylation is 2. The Labute approximate surface area is 239 Å². The van der Waals surface area contributed by atoms with Crippen molar-refractivity contribution in [3.63, 3.8) is 0 Å². The summed E-state index contributed by atoms with van der Waals surface area (Å²) in [4.78, 5) is 5.02. The predicted molar refractivity (Wildman–Crippen MR) is 171 cm³/mol. The first-order chi connectivity index (χ1) is 19.3. The highest BCUT2D eigenvalue weighted by molar-refractivity contribution is 6.85. The Hall–Kier alpha value is -4.31. The molecule has 0 N–H and O–H groups in total. The first-order valence-corrected chi connectivity index (χ1v) is 14.1. The van der Waals surface area contributed by atoms with Gasteiger partial charge in [0.1, 0.15) is 5.69 Å². The van der Waals surface area contributed by atoms with Gasteiger partial charge in [0.05, 0.1) is 18.9 Å². The van der Waals surface area contributed by atoms with Gasteiger partial charge in [-0.25, -0.2) is 4.57 Å². The van der Waals surface area contributed by atoms with Crippen LogP contribution in [0, 0.1) is 6.92 Å². The Morgan fingerprint density at radius 1 is 0.700 bits per heavy atom. The fourth-order valence-corrected chi connectivity index (χ4v) is 6.08. The first kappa shape index (κ1) is 25.9. The summed E-state index contributed by atoms with van der Waals surface area (Å²) < 4.78 is 2.27. The first-order valence-electron chi connectivity index (χ1n) is 14.1. The number of para-hydroxylation sites is 1. The second-order valence-electron chi connectivity index (χ2n) is 11.9. The molecule has 1 aromatic heterocycles. The van der Waals surface area contributed by atoms with Crippen LogP contribution in [0.3, 0.4) is 0 Å². The van der Waals surface area contributed by atoms with Crippen molar-refractivity contribution in [3.05, 3.63) is 127 Å². The maximum Gasteiger partial charge on any atom is 0.538 e. The normalized spacial score (nSPS) is 13.1. The van der Waals surface area contributed by atoms with Crippen LogP contribution < -0.4 is 19.7 Å². The van der Waals surface area contributed by atoms with Gasteiger partial charge < -0.3 is 4.81 Å². The summed E-state index contributed by atoms with van der Waals surface area (Å²) >= 11 is 0. The number of aromatic nitrogens is 1. The number of anilines is 3. The molecule has 1 aliphatic heterocycles. The van der Waals surface area contributed by atoms with E-state index in [1.54, 1.807) is 0 Å². The van der Waals surface area contributed by atoms with E-state index < -0.39 is 0 Å². The molecule has 4 heteroatoms. The van der Waals surface area contributed by atoms with Gasteiger partial charge in [0.2, 0.25) is 0 Å². The summed E-state index contributed by atoms with van der Waals surface area (Å²) in [6.45, 7) is 9.05. The van der Waals surface area contributed by atoms with Crippen molar-refractivity contribution in [1.29, 1.82) is 0 Å². The zero-order valence-corrected chi connectivity index (χ0v) is 24.4. The molecule has 1 aliphatic rings. The molecular formula is C36H37BN3+. The Kier molecular flexibility index (Phi) is 6.50. The summed E-state index contributed by atoms with van der Waals surface area (Å²) in [7, 11) is 4.41. The van der Waals surface area contributed by atoms with Gasteiger partial charge in [0, 0.05) is 11.5 Å². The summed E-state index contributed by atoms with van der Waals surface area (Å²) in [5, 5.41) is 0. The molecule has 3 nitrogen and oxygen atoms in total. The fraction of sp³-hybridized carbons (Fsp3) is 0.194. The molecule has 40 heavy (non-hydrogen) atoms. The van der Waals surface area contributed by atoms with Crippen LogP contribution >= 0.6 is 0 Å². The molecule has 6 rings (SSSR count). The monoisotopic (exact) mass is 522 g/mol. The van der Waals surface area contributed by atoms with E-state index in [2.05, 4.69) is 171 Å². The maximum absolute atomic E-state index is 2.56. The molecule has 0 saturated heterocycles. The number of fused-ring (bicyclic) bond motifs is 1. The highest BCUT2D eigenvalue weighted by Crippen LogP contribution is 2.45. The third-order valence-electron chi connectivity index (χ3n) is 8.22. The molecule has 0 atom stereocenters. The minimum absolute atomic E-state index is 0.0375. The molecule has 2 heterocycles. The second-order valence-corrected chi connectivity index (χ2v) is 11.9. The van der Waals surface area contributed by atoms with Gasteiger partial charge in [-0.15, -0.1) is 0 Å². The van der Waals surface area contributed by atoms with Crippen LogP contribution in [0.4, 0.5) is 17.2 Å². The van der Waals surface area contributed by atoms with E-state index in [4.69, 9.17) is 0 Å². The lowest BCUT2D eigenvalue weighted by atomic mass is 9.60. The van der Waals surface area contributed by atoms with E-state index in [9.17, 15) is 0 Å². The molecule has 198 valence electrons. The van der Waals surface area contributed by atoms with Crippen molar-refractivity contribution < 1.29 is 4.57 Å². The van der Waals surface area contributed by atoms with Crippen LogP contribution in [0.1, 0.15) is 31.9 Å². The summed E-state index contributed by atoms with van der Waals surface area (Å²) in [6.07, 6.45) is 2.21. The van der Waals surface area contributed by atoms with Crippen LogP contribution in [0.15, 0.2) is 115 Å². The minimum atomic E-state index is -0.0517. The van der Waals surface area contributed by atoms with Crippen molar-refractivity contribution in [2.24, 2.45) is 7.05 Å². The average Bonchev–Trinajstić information content (AvgIpc) is 3.26. The van der Waals surface area contributed by atoms with Crippen molar-refractivity contribution in [2.75, 3.05) is 16.7 Å². The second kappa shape index (κ2) is 10.0. The maximum atomic E-state index is 2.56. The van der Waals surface area contributed by atoms with Gasteiger partial charge in [-0.05, 0) is 64.9 Å². The quantitative estimate of drug-likeness (QED) is 0.179. The number of benzene rings is 4. The lowest BCUT2D eigenvalue weighted by Gasteiger charge is -2.27. The largest absolute Gasteiger partial charge is 0.538 e. The van der Waals surface area contributed by atoms with Gasteiger partial charge in [0.15, 0.2) is 0 Å². The van der Waals surface area contributed by atoms with Gasteiger partial charge in [-0.1, -0.05) is 112 Å². The van der Waals surface area contributed by atoms with E-state index in [1.165, 1.54) is 56.0 Å². The molecule has 0 amide bonds. The van der Waals surface area contributed by atoms with Gasteiger partial charge in [-0.2, -0.15) is 0 Å². The number of hydrogen-bond donors (Lipinski definition) is 0. The molecule has 0 aliphatic carbocycles. The molecule has 0 unspecified atom stereocenters. The number of rotatable bonds is 4. The van der Waals surface area contributed by atoms with E-state index >= 15 is 0 Å². The molecule has 0 spiro atoms. The molecular weight excluding hydrogens is 485 g/mol. The zero-order valence-electron chi connectivity index (χ0n) is 24.4. The highest BCUT2D eigenvalue weighted by atomic mass is 15.3. The number of hydrogen-bond acceptors (Lipinski definition) is 2. The van der Waals surface area contributed by atoms with Crippen LogP contribution in [0.25, 0.3) is 22.3 Å². The fourth-order valence-electron chi connectivity index (χ4n) is 6.08. The van der Waals surface area contributed by atoms with Gasteiger partial charge in [0.25, 0.3) is 5.82 Å². The molecule has 0 radical (unpaired) electrons. The van der Waals surface area contributed by atoms with Crippen LogP contribution in [-0.2, 0) is 12.5 Å². The Bertz CT molecular complexity index is 1610. The molecule has 4 aromatic carbocycles. The zero-order chi connectivity index (χ0) is 28.0.